The molecule has 8 nitrogen and oxygen atoms in total. The second-order valence-corrected chi connectivity index (χ2v) is 15.2. The van der Waals surface area contributed by atoms with Gasteiger partial charge in [-0.15, -0.1) is 0 Å². The van der Waals surface area contributed by atoms with Crippen molar-refractivity contribution < 1.29 is 38.2 Å². The molecule has 0 bridgehead atoms. The summed E-state index contributed by atoms with van der Waals surface area (Å²) in [6, 6.07) is -0.742. The van der Waals surface area contributed by atoms with Crippen molar-refractivity contribution in [2.45, 2.75) is 154 Å². The smallest absolute Gasteiger partial charge is 0.306 e. The summed E-state index contributed by atoms with van der Waals surface area (Å²) in [5.41, 5.74) is 0. The van der Waals surface area contributed by atoms with E-state index in [1.54, 1.807) is 21.1 Å². The van der Waals surface area contributed by atoms with E-state index < -0.39 is 18.1 Å². The van der Waals surface area contributed by atoms with E-state index >= 15 is 0 Å². The normalized spacial score (nSPS) is 13.9. The van der Waals surface area contributed by atoms with Crippen LogP contribution in [-0.4, -0.2) is 75.5 Å². The Bertz CT molecular complexity index is 1250. The molecule has 0 heterocycles. The maximum atomic E-state index is 12.6. The van der Waals surface area contributed by atoms with Gasteiger partial charge in [0.25, 0.3) is 0 Å². The summed E-state index contributed by atoms with van der Waals surface area (Å²) < 4.78 is 17.1. The molecule has 57 heavy (non-hydrogen) atoms. The highest BCUT2D eigenvalue weighted by Crippen LogP contribution is 2.12. The first-order valence-electron chi connectivity index (χ1n) is 21.8. The SMILES string of the molecule is CC/C=C/C/C=C/C/C=C/C/C=C/C/C=C/CCCCCCCCC(=O)OCC(COCCC(C(=O)[O-])[N+](C)(C)C)OC(=O)CCC/C=C/C/C=C/C/C=C/CC. The Hall–Kier alpha value is -3.75. The van der Waals surface area contributed by atoms with Gasteiger partial charge in [-0.25, -0.2) is 0 Å². The van der Waals surface area contributed by atoms with Gasteiger partial charge in [0.15, 0.2) is 6.10 Å². The molecule has 0 saturated carbocycles. The monoisotopic (exact) mass is 794 g/mol. The van der Waals surface area contributed by atoms with Gasteiger partial charge in [-0.3, -0.25) is 9.59 Å². The molecule has 2 unspecified atom stereocenters. The Kier molecular flexibility index (Phi) is 36.5. The molecule has 0 spiro atoms. The molecule has 0 radical (unpaired) electrons. The summed E-state index contributed by atoms with van der Waals surface area (Å²) in [7, 11) is 5.37. The van der Waals surface area contributed by atoms with Crippen LogP contribution in [0.1, 0.15) is 142 Å². The third kappa shape index (κ3) is 37.6. The molecule has 0 aliphatic rings. The summed E-state index contributed by atoms with van der Waals surface area (Å²) in [4.78, 5) is 36.8. The number of carbonyl (C=O) groups excluding carboxylic acids is 3. The number of allylic oxidation sites excluding steroid dienone is 16. The molecule has 0 aromatic heterocycles. The van der Waals surface area contributed by atoms with E-state index in [0.29, 0.717) is 12.8 Å². The first-order valence-corrected chi connectivity index (χ1v) is 21.8. The van der Waals surface area contributed by atoms with E-state index in [2.05, 4.69) is 111 Å². The molecule has 0 rings (SSSR count). The molecule has 0 fully saturated rings. The van der Waals surface area contributed by atoms with Gasteiger partial charge in [-0.1, -0.05) is 137 Å². The lowest BCUT2D eigenvalue weighted by atomic mass is 10.1. The standard InChI is InChI=1S/C49H79NO7/c1-6-8-10-12-14-16-18-19-20-21-22-23-24-25-26-27-28-30-31-33-35-37-39-47(51)56-44-45(43-55-42-41-46(49(53)54)50(3,4)5)57-48(52)40-38-36-34-32-29-17-15-13-11-9-7-2/h8-11,14-17,19-20,22-23,25-26,32,34,45-46H,6-7,12-13,18,21,24,27-31,33,35-44H2,1-5H3/b10-8+,11-9+,16-14+,17-15+,20-19+,23-22+,26-25+,34-32+. The lowest BCUT2D eigenvalue weighted by molar-refractivity contribution is -0.889. The third-order valence-electron chi connectivity index (χ3n) is 8.97. The van der Waals surface area contributed by atoms with Crippen molar-refractivity contribution in [3.63, 3.8) is 0 Å². The number of esters is 2. The maximum absolute atomic E-state index is 12.6. The number of quaternary nitrogens is 1. The van der Waals surface area contributed by atoms with Crippen molar-refractivity contribution in [3.8, 4) is 0 Å². The van der Waals surface area contributed by atoms with Crippen LogP contribution in [0.3, 0.4) is 0 Å². The van der Waals surface area contributed by atoms with Crippen molar-refractivity contribution in [1.82, 2.24) is 0 Å². The highest BCUT2D eigenvalue weighted by molar-refractivity contribution is 5.70. The van der Waals surface area contributed by atoms with Gasteiger partial charge in [-0.05, 0) is 83.5 Å². The number of hydrogen-bond donors (Lipinski definition) is 0. The zero-order valence-electron chi connectivity index (χ0n) is 36.5. The molecule has 0 aromatic rings. The molecule has 322 valence electrons. The van der Waals surface area contributed by atoms with E-state index in [-0.39, 0.29) is 49.1 Å². The number of carboxylic acid groups (broad SMARTS) is 1. The molecule has 0 aliphatic heterocycles. The second-order valence-electron chi connectivity index (χ2n) is 15.2. The lowest BCUT2D eigenvalue weighted by Crippen LogP contribution is -2.55. The maximum Gasteiger partial charge on any atom is 0.306 e. The number of ether oxygens (including phenoxy) is 3. The Balaban J connectivity index is 4.37. The van der Waals surface area contributed by atoms with Gasteiger partial charge in [-0.2, -0.15) is 0 Å². The molecule has 0 amide bonds. The molecule has 8 heteroatoms. The minimum atomic E-state index is -1.14. The quantitative estimate of drug-likeness (QED) is 0.0267. The fraction of sp³-hybridized carbons (Fsp3) is 0.612. The number of carboxylic acids is 1. The number of carbonyl (C=O) groups is 3. The van der Waals surface area contributed by atoms with Crippen LogP contribution in [0.15, 0.2) is 97.2 Å². The fourth-order valence-corrected chi connectivity index (χ4v) is 5.65. The van der Waals surface area contributed by atoms with Crippen molar-refractivity contribution in [3.05, 3.63) is 97.2 Å². The largest absolute Gasteiger partial charge is 0.544 e. The van der Waals surface area contributed by atoms with E-state index in [4.69, 9.17) is 14.2 Å². The minimum Gasteiger partial charge on any atom is -0.544 e. The lowest BCUT2D eigenvalue weighted by Gasteiger charge is -2.34. The van der Waals surface area contributed by atoms with Gasteiger partial charge in [0.05, 0.1) is 40.3 Å². The van der Waals surface area contributed by atoms with E-state index in [0.717, 1.165) is 89.9 Å². The molecule has 0 aromatic carbocycles. The minimum absolute atomic E-state index is 0.00916. The van der Waals surface area contributed by atoms with Crippen molar-refractivity contribution in [2.24, 2.45) is 0 Å². The van der Waals surface area contributed by atoms with Crippen LogP contribution < -0.4 is 5.11 Å². The number of likely N-dealkylation sites (N-methyl/N-ethyl adjacent to an activating group) is 1. The number of nitrogens with zero attached hydrogens (tertiary/aromatic N) is 1. The zero-order chi connectivity index (χ0) is 42.1. The van der Waals surface area contributed by atoms with E-state index in [1.165, 1.54) is 12.8 Å². The van der Waals surface area contributed by atoms with Gasteiger partial charge < -0.3 is 28.6 Å². The summed E-state index contributed by atoms with van der Waals surface area (Å²) >= 11 is 0. The van der Waals surface area contributed by atoms with Crippen LogP contribution in [0.4, 0.5) is 0 Å². The first-order chi connectivity index (χ1) is 27.6. The first kappa shape index (κ1) is 53.2. The number of aliphatic carboxylic acids is 1. The van der Waals surface area contributed by atoms with Crippen molar-refractivity contribution in [2.75, 3.05) is 41.0 Å². The highest BCUT2D eigenvalue weighted by Gasteiger charge is 2.25. The molecule has 2 atom stereocenters. The van der Waals surface area contributed by atoms with Gasteiger partial charge in [0.1, 0.15) is 12.6 Å². The van der Waals surface area contributed by atoms with Gasteiger partial charge in [0.2, 0.25) is 0 Å². The summed E-state index contributed by atoms with van der Waals surface area (Å²) in [6.07, 6.45) is 51.6. The Morgan fingerprint density at radius 2 is 0.947 bits per heavy atom. The van der Waals surface area contributed by atoms with Gasteiger partial charge in [0, 0.05) is 19.3 Å². The molecule has 0 N–H and O–H groups in total. The van der Waals surface area contributed by atoms with Crippen molar-refractivity contribution >= 4 is 17.9 Å². The van der Waals surface area contributed by atoms with Gasteiger partial charge >= 0.3 is 11.9 Å². The van der Waals surface area contributed by atoms with Crippen LogP contribution in [0.5, 0.6) is 0 Å². The second kappa shape index (κ2) is 39.1. The summed E-state index contributed by atoms with van der Waals surface area (Å²) in [5.74, 6) is -1.84. The predicted molar refractivity (Wildman–Crippen MR) is 235 cm³/mol. The van der Waals surface area contributed by atoms with E-state index in [1.807, 2.05) is 0 Å². The van der Waals surface area contributed by atoms with Crippen LogP contribution in [0.25, 0.3) is 0 Å². The number of unbranched alkanes of at least 4 members (excludes halogenated alkanes) is 7. The summed E-state index contributed by atoms with van der Waals surface area (Å²) in [6.45, 7) is 4.33. The van der Waals surface area contributed by atoms with Crippen LogP contribution in [-0.2, 0) is 28.6 Å². The van der Waals surface area contributed by atoms with E-state index in [9.17, 15) is 19.5 Å². The average Bonchev–Trinajstić information content (AvgIpc) is 3.17. The summed E-state index contributed by atoms with van der Waals surface area (Å²) in [5, 5.41) is 11.6. The van der Waals surface area contributed by atoms with Crippen LogP contribution in [0, 0.1) is 0 Å². The third-order valence-corrected chi connectivity index (χ3v) is 8.97. The molecule has 0 saturated heterocycles. The molecule has 0 aliphatic carbocycles. The topological polar surface area (TPSA) is 102 Å². The highest BCUT2D eigenvalue weighted by atomic mass is 16.6. The predicted octanol–water partition coefficient (Wildman–Crippen LogP) is 10.6. The molecular formula is C49H79NO7. The average molecular weight is 794 g/mol. The molecular weight excluding hydrogens is 715 g/mol. The zero-order valence-corrected chi connectivity index (χ0v) is 36.5. The number of hydrogen-bond acceptors (Lipinski definition) is 7. The van der Waals surface area contributed by atoms with Crippen molar-refractivity contribution in [1.29, 1.82) is 0 Å². The van der Waals surface area contributed by atoms with Crippen LogP contribution >= 0.6 is 0 Å². The fourth-order valence-electron chi connectivity index (χ4n) is 5.65. The Morgan fingerprint density at radius 1 is 0.526 bits per heavy atom. The number of rotatable bonds is 37. The Morgan fingerprint density at radius 3 is 1.42 bits per heavy atom. The van der Waals surface area contributed by atoms with Crippen LogP contribution in [0.2, 0.25) is 0 Å². The Labute approximate surface area is 347 Å².